The van der Waals surface area contributed by atoms with Crippen molar-refractivity contribution >= 4 is 39.9 Å². The summed E-state index contributed by atoms with van der Waals surface area (Å²) in [5.41, 5.74) is 0.548. The van der Waals surface area contributed by atoms with Crippen LogP contribution >= 0.6 is 27.8 Å². The summed E-state index contributed by atoms with van der Waals surface area (Å²) in [7, 11) is 12.7. The Hall–Kier alpha value is -2.49. The minimum absolute atomic E-state index is 0. The molecular formula is C42H75F2N6O6P3. The van der Waals surface area contributed by atoms with Crippen LogP contribution in [0.5, 0.6) is 11.5 Å². The zero-order valence-corrected chi connectivity index (χ0v) is 41.6. The molecule has 59 heavy (non-hydrogen) atoms. The highest BCUT2D eigenvalue weighted by molar-refractivity contribution is 7.92. The third-order valence-electron chi connectivity index (χ3n) is 9.71. The van der Waals surface area contributed by atoms with E-state index in [2.05, 4.69) is 51.5 Å². The minimum Gasteiger partial charge on any atom is -0.490 e. The van der Waals surface area contributed by atoms with E-state index >= 15 is 0 Å². The number of pyridine rings is 2. The lowest BCUT2D eigenvalue weighted by Crippen LogP contribution is -2.41. The highest BCUT2D eigenvalue weighted by atomic mass is 32.0. The fourth-order valence-corrected chi connectivity index (χ4v) is 6.66. The molecule has 2 aliphatic heterocycles. The van der Waals surface area contributed by atoms with Crippen LogP contribution in [0.4, 0.5) is 18.4 Å². The van der Waals surface area contributed by atoms with E-state index in [1.165, 1.54) is 24.5 Å². The summed E-state index contributed by atoms with van der Waals surface area (Å²) in [5, 5.41) is 0. The predicted molar refractivity (Wildman–Crippen MR) is 245 cm³/mol. The first-order valence-electron chi connectivity index (χ1n) is 20.4. The van der Waals surface area contributed by atoms with Gasteiger partial charge in [-0.25, -0.2) is 18.4 Å². The molecule has 0 radical (unpaired) electrons. The first kappa shape index (κ1) is 54.5. The van der Waals surface area contributed by atoms with Crippen LogP contribution in [0.3, 0.4) is 0 Å². The Morgan fingerprint density at radius 3 is 1.53 bits per heavy atom. The zero-order valence-electron chi connectivity index (χ0n) is 37.9. The van der Waals surface area contributed by atoms with Gasteiger partial charge < -0.3 is 38.5 Å². The quantitative estimate of drug-likeness (QED) is 0.192. The van der Waals surface area contributed by atoms with Crippen molar-refractivity contribution in [3.05, 3.63) is 47.5 Å². The molecule has 2 saturated heterocycles. The number of piperidine rings is 2. The number of amides is 2. The van der Waals surface area contributed by atoms with E-state index in [9.17, 15) is 18.4 Å². The third kappa shape index (κ3) is 19.4. The van der Waals surface area contributed by atoms with Crippen LogP contribution in [0.1, 0.15) is 117 Å². The molecule has 2 aromatic rings. The van der Waals surface area contributed by atoms with Crippen molar-refractivity contribution in [3.63, 3.8) is 0 Å². The molecule has 2 aliphatic rings. The number of ether oxygens (including phenoxy) is 4. The molecule has 12 nitrogen and oxygen atoms in total. The van der Waals surface area contributed by atoms with Gasteiger partial charge in [-0.3, -0.25) is 9.97 Å². The van der Waals surface area contributed by atoms with Crippen LogP contribution in [-0.2, 0) is 9.47 Å². The molecule has 3 unspecified atom stereocenters. The van der Waals surface area contributed by atoms with E-state index in [4.69, 9.17) is 18.9 Å². The van der Waals surface area contributed by atoms with Gasteiger partial charge in [0, 0.05) is 62.7 Å². The first-order valence-corrected chi connectivity index (χ1v) is 23.1. The number of aromatic nitrogens is 2. The molecule has 2 aromatic heterocycles. The second kappa shape index (κ2) is 26.1. The minimum atomic E-state index is -0.505. The summed E-state index contributed by atoms with van der Waals surface area (Å²) in [4.78, 5) is 40.8. The lowest BCUT2D eigenvalue weighted by atomic mass is 9.92. The van der Waals surface area contributed by atoms with Gasteiger partial charge in [-0.05, 0) is 108 Å². The molecule has 5 atom stereocenters. The average Bonchev–Trinajstić information content (AvgIpc) is 3.14. The summed E-state index contributed by atoms with van der Waals surface area (Å²) < 4.78 is 50.6. The fourth-order valence-electron chi connectivity index (χ4n) is 6.66. The van der Waals surface area contributed by atoms with Crippen LogP contribution in [-0.4, -0.2) is 133 Å². The molecule has 0 bridgehead atoms. The van der Waals surface area contributed by atoms with Crippen molar-refractivity contribution < 1.29 is 37.3 Å². The zero-order chi connectivity index (χ0) is 43.8. The van der Waals surface area contributed by atoms with Gasteiger partial charge in [0.2, 0.25) is 0 Å². The maximum Gasteiger partial charge on any atom is 0.410 e. The van der Waals surface area contributed by atoms with Gasteiger partial charge in [0.05, 0.1) is 23.8 Å². The number of rotatable bonds is 12. The van der Waals surface area contributed by atoms with E-state index in [0.29, 0.717) is 44.3 Å². The first-order chi connectivity index (χ1) is 27.2. The van der Waals surface area contributed by atoms with Gasteiger partial charge in [0.25, 0.3) is 0 Å². The maximum atomic E-state index is 13.8. The second-order valence-corrected chi connectivity index (χ2v) is 17.3. The molecule has 2 amide bonds. The molecule has 0 N–H and O–H groups in total. The monoisotopic (exact) mass is 890 g/mol. The largest absolute Gasteiger partial charge is 0.490 e. The molecule has 17 heteroatoms. The third-order valence-corrected chi connectivity index (χ3v) is 9.71. The lowest BCUT2D eigenvalue weighted by molar-refractivity contribution is 0.0193. The molecule has 0 aromatic carbocycles. The number of likely N-dealkylation sites (tertiary alicyclic amines) is 2. The van der Waals surface area contributed by atoms with Gasteiger partial charge in [-0.15, -0.1) is 17.9 Å². The van der Waals surface area contributed by atoms with Crippen molar-refractivity contribution in [3.8, 4) is 11.5 Å². The molecular weight excluding hydrogens is 815 g/mol. The number of likely N-dealkylation sites (N-methyl/N-ethyl adjacent to an activating group) is 2. The number of nitrogens with zero attached hydrogens (tertiary/aromatic N) is 6. The van der Waals surface area contributed by atoms with E-state index in [0.717, 1.165) is 56.5 Å². The standard InChI is InChI=1S/2C21H34FN3O3.H4P2.H3P/c1-7-17(24(5)6)14-27-18-12-16(22)13-23-19(18)15-8-10-25(11-9-15)20(26)28-21(2,3)4;1-7-17(14-24(5)6)27-18-12-16(22)13-23-19(18)15-8-10-25(11-9-15)20(26)28-21(2,3)4;1-2;/h2*12-13,15,17H,7-11,14H2,1-6H3;1-2H2;1H3/t2*17-;;/m10../s1. The molecule has 0 saturated carbocycles. The number of hydrogen-bond donors (Lipinski definition) is 0. The highest BCUT2D eigenvalue weighted by Gasteiger charge is 2.32. The van der Waals surface area contributed by atoms with Crippen LogP contribution in [0.2, 0.25) is 0 Å². The Balaban J connectivity index is 0.000000557. The Bertz CT molecular complexity index is 1550. The van der Waals surface area contributed by atoms with Crippen LogP contribution in [0.25, 0.3) is 0 Å². The van der Waals surface area contributed by atoms with Crippen molar-refractivity contribution in [1.82, 2.24) is 29.6 Å². The number of hydrogen-bond acceptors (Lipinski definition) is 10. The van der Waals surface area contributed by atoms with Gasteiger partial charge in [-0.2, -0.15) is 9.90 Å². The smallest absolute Gasteiger partial charge is 0.410 e. The summed E-state index contributed by atoms with van der Waals surface area (Å²) in [6, 6.07) is 3.11. The Kier molecular flexibility index (Phi) is 24.1. The van der Waals surface area contributed by atoms with Crippen LogP contribution in [0, 0.1) is 11.6 Å². The molecule has 0 spiro atoms. The molecule has 0 aliphatic carbocycles. The fraction of sp³-hybridized carbons (Fsp3) is 0.714. The predicted octanol–water partition coefficient (Wildman–Crippen LogP) is 8.82. The molecule has 4 heterocycles. The van der Waals surface area contributed by atoms with Crippen molar-refractivity contribution in [2.75, 3.05) is 67.5 Å². The van der Waals surface area contributed by atoms with Gasteiger partial charge >= 0.3 is 12.2 Å². The Morgan fingerprint density at radius 2 is 1.17 bits per heavy atom. The van der Waals surface area contributed by atoms with E-state index in [1.807, 2.05) is 69.7 Å². The normalized spacial score (nSPS) is 16.2. The SMILES string of the molecule is CC[C@@H](CN(C)C)Oc1cc(F)cnc1C1CCN(C(=O)OC(C)(C)C)CC1.CC[C@H](COc1cc(F)cnc1C1CCN(C(=O)OC(C)(C)C)CC1)N(C)C.P.PP. The van der Waals surface area contributed by atoms with E-state index < -0.39 is 22.8 Å². The Morgan fingerprint density at radius 1 is 0.763 bits per heavy atom. The molecule has 2 fully saturated rings. The van der Waals surface area contributed by atoms with Gasteiger partial charge in [0.1, 0.15) is 47.0 Å². The van der Waals surface area contributed by atoms with Crippen molar-refractivity contribution in [2.45, 2.75) is 129 Å². The molecule has 4 rings (SSSR count). The number of halogens is 2. The van der Waals surface area contributed by atoms with Crippen LogP contribution < -0.4 is 9.47 Å². The highest BCUT2D eigenvalue weighted by Crippen LogP contribution is 2.35. The number of carbonyl (C=O) groups excluding carboxylic acids is 2. The summed E-state index contributed by atoms with van der Waals surface area (Å²) in [5.74, 6) is 0.493. The van der Waals surface area contributed by atoms with Crippen molar-refractivity contribution in [2.24, 2.45) is 0 Å². The van der Waals surface area contributed by atoms with E-state index in [1.54, 1.807) is 9.80 Å². The summed E-state index contributed by atoms with van der Waals surface area (Å²) >= 11 is 0. The Labute approximate surface area is 361 Å². The number of carbonyl (C=O) groups is 2. The van der Waals surface area contributed by atoms with Crippen LogP contribution in [0.15, 0.2) is 24.5 Å². The van der Waals surface area contributed by atoms with E-state index in [-0.39, 0.29) is 46.1 Å². The van der Waals surface area contributed by atoms with Gasteiger partial charge in [0.15, 0.2) is 0 Å². The lowest BCUT2D eigenvalue weighted by Gasteiger charge is -2.34. The van der Waals surface area contributed by atoms with Crippen molar-refractivity contribution in [1.29, 1.82) is 0 Å². The average molecular weight is 891 g/mol. The van der Waals surface area contributed by atoms with Gasteiger partial charge in [-0.1, -0.05) is 13.8 Å². The topological polar surface area (TPSA) is 110 Å². The maximum absolute atomic E-state index is 13.8. The molecule has 338 valence electrons. The summed E-state index contributed by atoms with van der Waals surface area (Å²) in [6.45, 7) is 18.9. The summed E-state index contributed by atoms with van der Waals surface area (Å²) in [6.07, 6.45) is 6.65. The second-order valence-electron chi connectivity index (χ2n) is 17.3.